The van der Waals surface area contributed by atoms with Crippen LogP contribution in [0.5, 0.6) is 0 Å². The molecule has 0 aliphatic carbocycles. The van der Waals surface area contributed by atoms with Crippen LogP contribution in [0.2, 0.25) is 10.0 Å². The molecule has 1 saturated heterocycles. The van der Waals surface area contributed by atoms with Crippen molar-refractivity contribution in [3.05, 3.63) is 57.0 Å². The van der Waals surface area contributed by atoms with E-state index >= 15 is 0 Å². The molecule has 0 amide bonds. The molecule has 2 aliphatic rings. The lowest BCUT2D eigenvalue weighted by atomic mass is 10.1. The fourth-order valence-corrected chi connectivity index (χ4v) is 4.05. The number of H-pyrrole nitrogens is 1. The molecule has 1 aromatic carbocycles. The Morgan fingerprint density at radius 3 is 2.71 bits per heavy atom. The molecule has 1 aromatic heterocycles. The summed E-state index contributed by atoms with van der Waals surface area (Å²) in [6.45, 7) is 11.0. The summed E-state index contributed by atoms with van der Waals surface area (Å²) < 4.78 is 13.9. The van der Waals surface area contributed by atoms with Gasteiger partial charge in [-0.2, -0.15) is 5.10 Å². The van der Waals surface area contributed by atoms with E-state index < -0.39 is 5.82 Å². The van der Waals surface area contributed by atoms with Crippen molar-refractivity contribution < 1.29 is 4.39 Å². The SMILES string of the molecule is CC.CC.N=C(/C=C1\C(N)=NCCN1Cc1c(Cl)ccc(F)c1Cl)c1n[nH]c(C2CCNC2)n1. The summed E-state index contributed by atoms with van der Waals surface area (Å²) >= 11 is 12.4. The summed E-state index contributed by atoms with van der Waals surface area (Å²) in [6, 6.07) is 2.70. The molecule has 1 unspecified atom stereocenters. The molecule has 0 radical (unpaired) electrons. The zero-order chi connectivity index (χ0) is 25.3. The van der Waals surface area contributed by atoms with E-state index in [4.69, 9.17) is 34.3 Å². The average molecular weight is 511 g/mol. The first-order chi connectivity index (χ1) is 16.4. The van der Waals surface area contributed by atoms with E-state index in [1.54, 1.807) is 6.08 Å². The van der Waals surface area contributed by atoms with Gasteiger partial charge in [-0.05, 0) is 31.2 Å². The van der Waals surface area contributed by atoms with Crippen LogP contribution >= 0.6 is 23.2 Å². The van der Waals surface area contributed by atoms with E-state index in [0.717, 1.165) is 25.3 Å². The summed E-state index contributed by atoms with van der Waals surface area (Å²) in [5, 5.41) is 19.2. The summed E-state index contributed by atoms with van der Waals surface area (Å²) in [6.07, 6.45) is 2.55. The minimum absolute atomic E-state index is 0.0261. The second kappa shape index (κ2) is 13.4. The van der Waals surface area contributed by atoms with Gasteiger partial charge in [-0.1, -0.05) is 50.9 Å². The van der Waals surface area contributed by atoms with Gasteiger partial charge in [0.15, 0.2) is 5.82 Å². The third-order valence-corrected chi connectivity index (χ3v) is 5.98. The van der Waals surface area contributed by atoms with Crippen LogP contribution in [0.3, 0.4) is 0 Å². The number of aromatic nitrogens is 3. The van der Waals surface area contributed by atoms with E-state index in [1.807, 2.05) is 32.6 Å². The van der Waals surface area contributed by atoms with Crippen LogP contribution < -0.4 is 11.1 Å². The maximum Gasteiger partial charge on any atom is 0.199 e. The molecule has 2 aliphatic heterocycles. The molecule has 34 heavy (non-hydrogen) atoms. The Hall–Kier alpha value is -2.49. The normalized spacial score (nSPS) is 18.6. The molecule has 1 atom stereocenters. The highest BCUT2D eigenvalue weighted by Crippen LogP contribution is 2.30. The lowest BCUT2D eigenvalue weighted by Gasteiger charge is -2.30. The summed E-state index contributed by atoms with van der Waals surface area (Å²) in [4.78, 5) is 10.6. The van der Waals surface area contributed by atoms with Crippen molar-refractivity contribution in [3.8, 4) is 0 Å². The predicted octanol–water partition coefficient (Wildman–Crippen LogP) is 4.50. The van der Waals surface area contributed by atoms with Crippen LogP contribution in [0, 0.1) is 11.2 Å². The standard InChI is InChI=1S/C19H21Cl2FN8.2C2H6/c20-12-1-2-13(22)16(21)11(12)9-30-6-5-26-17(24)15(30)7-14(23)19-27-18(28-29-19)10-3-4-25-8-10;2*1-2/h1-2,7,10,23,25H,3-6,8-9H2,(H2,24,26)(H,27,28,29);2*1-2H3/b15-7+,23-14?;;. The van der Waals surface area contributed by atoms with Crippen LogP contribution in [0.1, 0.15) is 57.2 Å². The molecule has 2 aromatic rings. The number of nitrogens with one attached hydrogen (secondary N) is 3. The molecule has 0 bridgehead atoms. The molecule has 1 fully saturated rings. The minimum atomic E-state index is -0.539. The number of aliphatic imine (C=N–C) groups is 1. The van der Waals surface area contributed by atoms with Gasteiger partial charge in [0.05, 0.1) is 17.3 Å². The van der Waals surface area contributed by atoms with Crippen LogP contribution in [0.15, 0.2) is 28.9 Å². The molecule has 4 rings (SSSR count). The minimum Gasteiger partial charge on any atom is -0.382 e. The van der Waals surface area contributed by atoms with E-state index in [1.165, 1.54) is 12.1 Å². The number of aromatic amines is 1. The third-order valence-electron chi connectivity index (χ3n) is 5.21. The Bertz CT molecular complexity index is 1030. The van der Waals surface area contributed by atoms with Crippen molar-refractivity contribution in [1.82, 2.24) is 25.4 Å². The number of hydrogen-bond donors (Lipinski definition) is 4. The van der Waals surface area contributed by atoms with Gasteiger partial charge in [0.1, 0.15) is 23.2 Å². The first kappa shape index (κ1) is 27.8. The Balaban J connectivity index is 0.000000970. The Morgan fingerprint density at radius 2 is 2.03 bits per heavy atom. The van der Waals surface area contributed by atoms with Crippen LogP contribution in [-0.4, -0.2) is 57.8 Å². The fourth-order valence-electron chi connectivity index (χ4n) is 3.56. The van der Waals surface area contributed by atoms with E-state index in [9.17, 15) is 4.39 Å². The van der Waals surface area contributed by atoms with Crippen molar-refractivity contribution in [3.63, 3.8) is 0 Å². The van der Waals surface area contributed by atoms with Crippen LogP contribution in [0.4, 0.5) is 4.39 Å². The van der Waals surface area contributed by atoms with Gasteiger partial charge in [-0.25, -0.2) is 9.37 Å². The summed E-state index contributed by atoms with van der Waals surface area (Å²) in [7, 11) is 0. The highest BCUT2D eigenvalue weighted by atomic mass is 35.5. The number of nitrogens with zero attached hydrogens (tertiary/aromatic N) is 4. The lowest BCUT2D eigenvalue weighted by molar-refractivity contribution is 0.352. The number of amidine groups is 1. The first-order valence-electron chi connectivity index (χ1n) is 11.5. The maximum atomic E-state index is 13.9. The second-order valence-corrected chi connectivity index (χ2v) is 7.97. The third kappa shape index (κ3) is 6.55. The monoisotopic (exact) mass is 510 g/mol. The number of nitrogens with two attached hydrogens (primary N) is 1. The van der Waals surface area contributed by atoms with Gasteiger partial charge < -0.3 is 16.0 Å². The van der Waals surface area contributed by atoms with Gasteiger partial charge in [0.25, 0.3) is 0 Å². The number of allylic oxidation sites excluding steroid dienone is 1. The Labute approximate surface area is 210 Å². The summed E-state index contributed by atoms with van der Waals surface area (Å²) in [5.41, 5.74) is 7.19. The molecule has 3 heterocycles. The second-order valence-electron chi connectivity index (χ2n) is 7.19. The molecule has 11 heteroatoms. The van der Waals surface area contributed by atoms with Gasteiger partial charge >= 0.3 is 0 Å². The molecule has 186 valence electrons. The van der Waals surface area contributed by atoms with Crippen molar-refractivity contribution in [2.24, 2.45) is 10.7 Å². The van der Waals surface area contributed by atoms with Gasteiger partial charge in [-0.3, -0.25) is 15.5 Å². The van der Waals surface area contributed by atoms with Crippen LogP contribution in [0.25, 0.3) is 0 Å². The maximum absolute atomic E-state index is 13.9. The molecular formula is C23H33Cl2FN8. The number of benzene rings is 1. The topological polar surface area (TPSA) is 119 Å². The van der Waals surface area contributed by atoms with Crippen molar-refractivity contribution >= 4 is 34.7 Å². The highest BCUT2D eigenvalue weighted by Gasteiger charge is 2.24. The van der Waals surface area contributed by atoms with Gasteiger partial charge in [0.2, 0.25) is 0 Å². The van der Waals surface area contributed by atoms with Crippen LogP contribution in [-0.2, 0) is 6.54 Å². The van der Waals surface area contributed by atoms with Gasteiger partial charge in [0, 0.05) is 36.1 Å². The number of hydrogen-bond acceptors (Lipinski definition) is 7. The zero-order valence-electron chi connectivity index (χ0n) is 20.1. The van der Waals surface area contributed by atoms with Crippen molar-refractivity contribution in [1.29, 1.82) is 5.41 Å². The average Bonchev–Trinajstić information content (AvgIpc) is 3.56. The van der Waals surface area contributed by atoms with Crippen molar-refractivity contribution in [2.75, 3.05) is 26.2 Å². The van der Waals surface area contributed by atoms with E-state index in [2.05, 4.69) is 25.5 Å². The first-order valence-corrected chi connectivity index (χ1v) is 12.3. The highest BCUT2D eigenvalue weighted by molar-refractivity contribution is 6.36. The number of rotatable bonds is 5. The fraction of sp³-hybridized carbons (Fsp3) is 0.478. The largest absolute Gasteiger partial charge is 0.382 e. The Kier molecular flexibility index (Phi) is 10.9. The smallest absolute Gasteiger partial charge is 0.199 e. The summed E-state index contributed by atoms with van der Waals surface area (Å²) in [5.74, 6) is 1.05. The lowest BCUT2D eigenvalue weighted by Crippen LogP contribution is -2.38. The predicted molar refractivity (Wildman–Crippen MR) is 138 cm³/mol. The molecular weight excluding hydrogens is 478 g/mol. The van der Waals surface area contributed by atoms with Gasteiger partial charge in [-0.15, -0.1) is 0 Å². The molecule has 8 nitrogen and oxygen atoms in total. The number of halogens is 3. The van der Waals surface area contributed by atoms with E-state index in [-0.39, 0.29) is 34.9 Å². The molecule has 5 N–H and O–H groups in total. The zero-order valence-corrected chi connectivity index (χ0v) is 21.6. The van der Waals surface area contributed by atoms with Crippen molar-refractivity contribution in [2.45, 2.75) is 46.6 Å². The Morgan fingerprint density at radius 1 is 1.29 bits per heavy atom. The van der Waals surface area contributed by atoms with E-state index in [0.29, 0.717) is 29.4 Å². The molecule has 0 saturated carbocycles. The molecule has 0 spiro atoms. The quantitative estimate of drug-likeness (QED) is 0.348.